The molecule has 3 rings (SSSR count). The smallest absolute Gasteiger partial charge is 0.322 e. The van der Waals surface area contributed by atoms with Crippen LogP contribution in [0, 0.1) is 11.6 Å². The maximum Gasteiger partial charge on any atom is 0.322 e. The highest BCUT2D eigenvalue weighted by Crippen LogP contribution is 2.29. The quantitative estimate of drug-likeness (QED) is 0.701. The molecule has 1 fully saturated rings. The number of aryl methyl sites for hydroxylation is 1. The summed E-state index contributed by atoms with van der Waals surface area (Å²) in [4.78, 5) is 29.2. The molecule has 0 aliphatic heterocycles. The Kier molecular flexibility index (Phi) is 6.74. The van der Waals surface area contributed by atoms with Gasteiger partial charge in [0.25, 0.3) is 0 Å². The van der Waals surface area contributed by atoms with Crippen LogP contribution in [-0.2, 0) is 18.4 Å². The van der Waals surface area contributed by atoms with E-state index in [1.54, 1.807) is 0 Å². The number of nitrogens with zero attached hydrogens (tertiary/aromatic N) is 3. The van der Waals surface area contributed by atoms with Gasteiger partial charge in [-0.05, 0) is 50.5 Å². The number of urea groups is 1. The molecule has 1 atom stereocenters. The maximum atomic E-state index is 14.0. The highest BCUT2D eigenvalue weighted by Gasteiger charge is 2.35. The first-order chi connectivity index (χ1) is 14.3. The fourth-order valence-electron chi connectivity index (χ4n) is 3.31. The van der Waals surface area contributed by atoms with Gasteiger partial charge >= 0.3 is 6.03 Å². The minimum Gasteiger partial charge on any atom is -0.353 e. The molecule has 1 heterocycles. The van der Waals surface area contributed by atoms with E-state index in [0.29, 0.717) is 19.0 Å². The molecule has 0 bridgehead atoms. The summed E-state index contributed by atoms with van der Waals surface area (Å²) in [6, 6.07) is 6.23. The Balaban J connectivity index is 1.73. The number of halogens is 2. The fraction of sp³-hybridized carbons (Fsp3) is 0.455. The predicted octanol–water partition coefficient (Wildman–Crippen LogP) is 4.13. The number of hydrogen-bond donors (Lipinski definition) is 1. The Morgan fingerprint density at radius 3 is 2.57 bits per heavy atom. The van der Waals surface area contributed by atoms with E-state index in [4.69, 9.17) is 0 Å². The molecule has 1 aromatic heterocycles. The van der Waals surface area contributed by atoms with Crippen LogP contribution in [0.15, 0.2) is 36.5 Å². The number of rotatable bonds is 8. The number of carbonyl (C=O) groups excluding carboxylic acids is 2. The van der Waals surface area contributed by atoms with E-state index in [9.17, 15) is 18.4 Å². The van der Waals surface area contributed by atoms with E-state index in [-0.39, 0.29) is 30.2 Å². The van der Waals surface area contributed by atoms with Crippen molar-refractivity contribution in [3.63, 3.8) is 0 Å². The van der Waals surface area contributed by atoms with Crippen LogP contribution in [-0.4, -0.2) is 44.9 Å². The van der Waals surface area contributed by atoms with E-state index >= 15 is 0 Å². The van der Waals surface area contributed by atoms with Crippen molar-refractivity contribution in [3.05, 3.63) is 53.9 Å². The van der Waals surface area contributed by atoms with Crippen molar-refractivity contribution in [1.82, 2.24) is 14.4 Å². The fourth-order valence-corrected chi connectivity index (χ4v) is 3.31. The van der Waals surface area contributed by atoms with Gasteiger partial charge in [-0.15, -0.1) is 0 Å². The summed E-state index contributed by atoms with van der Waals surface area (Å²) in [5.74, 6) is -1.73. The molecule has 1 saturated carbocycles. The predicted molar refractivity (Wildman–Crippen MR) is 111 cm³/mol. The lowest BCUT2D eigenvalue weighted by Crippen LogP contribution is -2.48. The second-order valence-electron chi connectivity index (χ2n) is 7.80. The van der Waals surface area contributed by atoms with Crippen molar-refractivity contribution in [2.24, 2.45) is 7.05 Å². The molecule has 3 amide bonds. The van der Waals surface area contributed by atoms with Crippen LogP contribution in [0.2, 0.25) is 0 Å². The molecule has 6 nitrogen and oxygen atoms in total. The van der Waals surface area contributed by atoms with Crippen LogP contribution in [0.3, 0.4) is 0 Å². The van der Waals surface area contributed by atoms with E-state index < -0.39 is 17.7 Å². The number of nitrogens with one attached hydrogen (secondary N) is 1. The topological polar surface area (TPSA) is 57.6 Å². The van der Waals surface area contributed by atoms with Crippen LogP contribution in [0.4, 0.5) is 19.3 Å². The van der Waals surface area contributed by atoms with Crippen molar-refractivity contribution in [2.45, 2.75) is 51.7 Å². The number of carbonyl (C=O) groups is 2. The first-order valence-electron chi connectivity index (χ1n) is 10.2. The molecule has 162 valence electrons. The van der Waals surface area contributed by atoms with E-state index in [0.717, 1.165) is 24.6 Å². The number of anilines is 1. The zero-order valence-electron chi connectivity index (χ0n) is 17.6. The summed E-state index contributed by atoms with van der Waals surface area (Å²) in [6.45, 7) is 4.13. The van der Waals surface area contributed by atoms with Crippen molar-refractivity contribution in [3.8, 4) is 0 Å². The average Bonchev–Trinajstić information content (AvgIpc) is 3.47. The molecule has 1 aromatic carbocycles. The Labute approximate surface area is 175 Å². The first-order valence-corrected chi connectivity index (χ1v) is 10.2. The monoisotopic (exact) mass is 418 g/mol. The van der Waals surface area contributed by atoms with Gasteiger partial charge in [-0.1, -0.05) is 6.92 Å². The highest BCUT2D eigenvalue weighted by atomic mass is 19.1. The summed E-state index contributed by atoms with van der Waals surface area (Å²) < 4.78 is 29.1. The van der Waals surface area contributed by atoms with E-state index in [1.165, 1.54) is 11.0 Å². The highest BCUT2D eigenvalue weighted by molar-refractivity contribution is 5.92. The zero-order chi connectivity index (χ0) is 21.8. The van der Waals surface area contributed by atoms with Gasteiger partial charge in [-0.25, -0.2) is 13.6 Å². The molecule has 0 radical (unpaired) electrons. The van der Waals surface area contributed by atoms with Crippen LogP contribution in [0.5, 0.6) is 0 Å². The number of amides is 3. The van der Waals surface area contributed by atoms with Gasteiger partial charge in [-0.2, -0.15) is 0 Å². The van der Waals surface area contributed by atoms with Crippen LogP contribution in [0.1, 0.15) is 38.8 Å². The molecule has 0 saturated heterocycles. The van der Waals surface area contributed by atoms with Gasteiger partial charge in [0, 0.05) is 37.1 Å². The third kappa shape index (κ3) is 5.17. The molecular formula is C22H28F2N4O2. The molecule has 1 aliphatic carbocycles. The maximum absolute atomic E-state index is 14.0. The lowest BCUT2D eigenvalue weighted by atomic mass is 10.2. The second-order valence-corrected chi connectivity index (χ2v) is 7.80. The Morgan fingerprint density at radius 2 is 2.00 bits per heavy atom. The Bertz CT molecular complexity index is 910. The van der Waals surface area contributed by atoms with Crippen molar-refractivity contribution >= 4 is 17.6 Å². The molecular weight excluding hydrogens is 390 g/mol. The third-order valence-electron chi connectivity index (χ3n) is 5.55. The number of hydrogen-bond acceptors (Lipinski definition) is 2. The number of benzene rings is 1. The van der Waals surface area contributed by atoms with E-state index in [1.807, 2.05) is 48.7 Å². The summed E-state index contributed by atoms with van der Waals surface area (Å²) in [6.07, 6.45) is 4.47. The molecule has 0 unspecified atom stereocenters. The van der Waals surface area contributed by atoms with E-state index in [2.05, 4.69) is 5.32 Å². The molecule has 1 aliphatic rings. The van der Waals surface area contributed by atoms with Crippen molar-refractivity contribution < 1.29 is 18.4 Å². The summed E-state index contributed by atoms with van der Waals surface area (Å²) >= 11 is 0. The Morgan fingerprint density at radius 1 is 1.27 bits per heavy atom. The van der Waals surface area contributed by atoms with Gasteiger partial charge in [0.2, 0.25) is 5.91 Å². The average molecular weight is 418 g/mol. The largest absolute Gasteiger partial charge is 0.353 e. The SMILES string of the molecule is CC[C@@H](C)N(CC(=O)N(Cc1cccn1C)C1CC1)C(=O)Nc1ccc(F)cc1F. The van der Waals surface area contributed by atoms with Crippen molar-refractivity contribution in [2.75, 3.05) is 11.9 Å². The lowest BCUT2D eigenvalue weighted by Gasteiger charge is -2.31. The minimum absolute atomic E-state index is 0.107. The summed E-state index contributed by atoms with van der Waals surface area (Å²) in [5.41, 5.74) is 0.896. The normalized spacial score (nSPS) is 14.3. The Hall–Kier alpha value is -2.90. The third-order valence-corrected chi connectivity index (χ3v) is 5.55. The van der Waals surface area contributed by atoms with Crippen molar-refractivity contribution in [1.29, 1.82) is 0 Å². The van der Waals surface area contributed by atoms with Crippen LogP contribution in [0.25, 0.3) is 0 Å². The second kappa shape index (κ2) is 9.28. The van der Waals surface area contributed by atoms with Crippen LogP contribution < -0.4 is 5.32 Å². The standard InChI is InChI=1S/C22H28F2N4O2/c1-4-15(2)27(22(30)25-20-10-7-16(23)12-19(20)24)14-21(29)28(17-8-9-17)13-18-6-5-11-26(18)3/h5-7,10-12,15,17H,4,8-9,13-14H2,1-3H3,(H,25,30)/t15-/m1/s1. The summed E-state index contributed by atoms with van der Waals surface area (Å²) in [5, 5.41) is 2.47. The summed E-state index contributed by atoms with van der Waals surface area (Å²) in [7, 11) is 1.93. The number of aromatic nitrogens is 1. The zero-order valence-corrected chi connectivity index (χ0v) is 17.6. The van der Waals surface area contributed by atoms with Gasteiger partial charge in [0.1, 0.15) is 18.2 Å². The first kappa shape index (κ1) is 21.8. The van der Waals surface area contributed by atoms with Gasteiger partial charge in [-0.3, -0.25) is 4.79 Å². The van der Waals surface area contributed by atoms with Gasteiger partial charge in [0.15, 0.2) is 0 Å². The lowest BCUT2D eigenvalue weighted by molar-refractivity contribution is -0.133. The molecule has 8 heteroatoms. The van der Waals surface area contributed by atoms with Gasteiger partial charge < -0.3 is 19.7 Å². The molecule has 30 heavy (non-hydrogen) atoms. The van der Waals surface area contributed by atoms with Crippen LogP contribution >= 0.6 is 0 Å². The minimum atomic E-state index is -0.859. The molecule has 2 aromatic rings. The molecule has 1 N–H and O–H groups in total. The van der Waals surface area contributed by atoms with Gasteiger partial charge in [0.05, 0.1) is 12.2 Å². The molecule has 0 spiro atoms.